The summed E-state index contributed by atoms with van der Waals surface area (Å²) in [5.74, 6) is -2.40. The molecule has 0 atom stereocenters. The van der Waals surface area contributed by atoms with Crippen molar-refractivity contribution in [2.45, 2.75) is 6.18 Å². The Bertz CT molecular complexity index is 1210. The number of primary amides is 1. The van der Waals surface area contributed by atoms with E-state index in [0.717, 1.165) is 0 Å². The molecule has 1 amide bonds. The van der Waals surface area contributed by atoms with E-state index in [-0.39, 0.29) is 11.1 Å². The molecule has 5 nitrogen and oxygen atoms in total. The van der Waals surface area contributed by atoms with Gasteiger partial charge in [0.2, 0.25) is 5.91 Å². The number of nitrogens with zero attached hydrogens (tertiary/aromatic N) is 2. The van der Waals surface area contributed by atoms with Crippen molar-refractivity contribution in [3.8, 4) is 11.1 Å². The molecule has 0 aliphatic rings. The molecule has 4 aromatic rings. The van der Waals surface area contributed by atoms with Gasteiger partial charge in [-0.2, -0.15) is 13.2 Å². The van der Waals surface area contributed by atoms with Crippen LogP contribution in [0.15, 0.2) is 47.6 Å². The third-order valence-electron chi connectivity index (χ3n) is 4.19. The predicted octanol–water partition coefficient (Wildman–Crippen LogP) is 4.30. The first-order chi connectivity index (χ1) is 12.8. The van der Waals surface area contributed by atoms with Gasteiger partial charge in [-0.15, -0.1) is 0 Å². The van der Waals surface area contributed by atoms with E-state index in [4.69, 9.17) is 10.2 Å². The number of nitrogens with two attached hydrogens (primary N) is 1. The molecular formula is C18H9F4N3O2. The molecule has 0 aliphatic heterocycles. The molecule has 0 aliphatic carbocycles. The Morgan fingerprint density at radius 1 is 1.04 bits per heavy atom. The van der Waals surface area contributed by atoms with Gasteiger partial charge in [-0.25, -0.2) is 9.37 Å². The van der Waals surface area contributed by atoms with E-state index in [9.17, 15) is 22.4 Å². The van der Waals surface area contributed by atoms with Gasteiger partial charge in [0.25, 0.3) is 0 Å². The molecule has 2 aromatic carbocycles. The van der Waals surface area contributed by atoms with Crippen LogP contribution < -0.4 is 5.73 Å². The molecule has 0 radical (unpaired) electrons. The first kappa shape index (κ1) is 17.0. The molecule has 0 saturated carbocycles. The SMILES string of the molecule is NC(=O)c1cc(C(F)(F)F)cc(F)c1-c1cc2cncoc2c2cncc12. The minimum absolute atomic E-state index is 0.165. The van der Waals surface area contributed by atoms with Crippen molar-refractivity contribution in [1.82, 2.24) is 9.97 Å². The molecule has 4 rings (SSSR count). The van der Waals surface area contributed by atoms with E-state index in [1.54, 1.807) is 0 Å². The molecule has 27 heavy (non-hydrogen) atoms. The zero-order valence-corrected chi connectivity index (χ0v) is 13.3. The monoisotopic (exact) mass is 375 g/mol. The number of rotatable bonds is 2. The van der Waals surface area contributed by atoms with E-state index in [1.165, 1.54) is 31.1 Å². The van der Waals surface area contributed by atoms with E-state index in [2.05, 4.69) is 9.97 Å². The second-order valence-corrected chi connectivity index (χ2v) is 5.82. The van der Waals surface area contributed by atoms with Crippen LogP contribution in [-0.2, 0) is 6.18 Å². The number of aromatic nitrogens is 2. The molecule has 0 saturated heterocycles. The quantitative estimate of drug-likeness (QED) is 0.530. The Morgan fingerprint density at radius 3 is 2.48 bits per heavy atom. The first-order valence-electron chi connectivity index (χ1n) is 7.57. The third-order valence-corrected chi connectivity index (χ3v) is 4.19. The summed E-state index contributed by atoms with van der Waals surface area (Å²) in [5.41, 5.74) is 3.62. The van der Waals surface area contributed by atoms with Gasteiger partial charge >= 0.3 is 6.18 Å². The van der Waals surface area contributed by atoms with Gasteiger partial charge in [-0.3, -0.25) is 9.78 Å². The van der Waals surface area contributed by atoms with Gasteiger partial charge in [0.1, 0.15) is 11.4 Å². The lowest BCUT2D eigenvalue weighted by Gasteiger charge is -2.14. The molecule has 0 unspecified atom stereocenters. The predicted molar refractivity (Wildman–Crippen MR) is 88.2 cm³/mol. The van der Waals surface area contributed by atoms with Crippen LogP contribution in [-0.4, -0.2) is 15.9 Å². The van der Waals surface area contributed by atoms with Crippen molar-refractivity contribution >= 4 is 27.6 Å². The average molecular weight is 375 g/mol. The third kappa shape index (κ3) is 2.67. The van der Waals surface area contributed by atoms with Crippen molar-refractivity contribution in [3.63, 3.8) is 0 Å². The number of hydrogen-bond donors (Lipinski definition) is 1. The highest BCUT2D eigenvalue weighted by Crippen LogP contribution is 2.40. The summed E-state index contributed by atoms with van der Waals surface area (Å²) in [6.45, 7) is 0. The van der Waals surface area contributed by atoms with Crippen LogP contribution in [0.4, 0.5) is 17.6 Å². The maximum atomic E-state index is 14.8. The Balaban J connectivity index is 2.12. The van der Waals surface area contributed by atoms with E-state index >= 15 is 0 Å². The molecule has 0 spiro atoms. The van der Waals surface area contributed by atoms with Crippen LogP contribution in [0.5, 0.6) is 0 Å². The summed E-state index contributed by atoms with van der Waals surface area (Å²) < 4.78 is 59.1. The lowest BCUT2D eigenvalue weighted by atomic mass is 9.92. The topological polar surface area (TPSA) is 82.0 Å². The van der Waals surface area contributed by atoms with Gasteiger partial charge < -0.3 is 10.2 Å². The molecule has 2 heterocycles. The molecular weight excluding hydrogens is 366 g/mol. The fourth-order valence-corrected chi connectivity index (χ4v) is 3.04. The van der Waals surface area contributed by atoms with Crippen LogP contribution in [0.2, 0.25) is 0 Å². The molecule has 136 valence electrons. The van der Waals surface area contributed by atoms with Crippen LogP contribution in [0, 0.1) is 5.82 Å². The fourth-order valence-electron chi connectivity index (χ4n) is 3.04. The van der Waals surface area contributed by atoms with Gasteiger partial charge in [0.05, 0.1) is 11.1 Å². The number of fused-ring (bicyclic) bond motifs is 3. The highest BCUT2D eigenvalue weighted by molar-refractivity contribution is 6.13. The summed E-state index contributed by atoms with van der Waals surface area (Å²) in [4.78, 5) is 19.6. The second kappa shape index (κ2) is 5.76. The standard InChI is InChI=1S/C18H9F4N3O2/c19-14-3-9(18(20,21)22)2-11(17(23)26)15(14)10-1-8-4-25-7-27-16(8)13-6-24-5-12(10)13/h1-7H,(H2,23,26). The number of amides is 1. The molecule has 2 aromatic heterocycles. The largest absolute Gasteiger partial charge is 0.444 e. The maximum absolute atomic E-state index is 14.8. The Morgan fingerprint density at radius 2 is 1.78 bits per heavy atom. The number of hydrogen-bond acceptors (Lipinski definition) is 4. The number of halogens is 4. The van der Waals surface area contributed by atoms with Crippen molar-refractivity contribution < 1.29 is 26.8 Å². The van der Waals surface area contributed by atoms with Gasteiger partial charge in [0, 0.05) is 40.3 Å². The molecule has 0 bridgehead atoms. The minimum atomic E-state index is -4.83. The van der Waals surface area contributed by atoms with Crippen LogP contribution >= 0.6 is 0 Å². The van der Waals surface area contributed by atoms with E-state index in [0.29, 0.717) is 33.9 Å². The average Bonchev–Trinajstić information content (AvgIpc) is 3.09. The Kier molecular flexibility index (Phi) is 3.62. The summed E-state index contributed by atoms with van der Waals surface area (Å²) >= 11 is 0. The molecule has 0 fully saturated rings. The van der Waals surface area contributed by atoms with Gasteiger partial charge in [-0.05, 0) is 23.8 Å². The van der Waals surface area contributed by atoms with Crippen molar-refractivity contribution in [2.75, 3.05) is 0 Å². The van der Waals surface area contributed by atoms with Crippen LogP contribution in [0.25, 0.3) is 32.9 Å². The Labute approximate surface area is 148 Å². The number of carbonyl (C=O) groups excluding carboxylic acids is 1. The zero-order valence-electron chi connectivity index (χ0n) is 13.3. The lowest BCUT2D eigenvalue weighted by Crippen LogP contribution is -2.16. The van der Waals surface area contributed by atoms with Crippen molar-refractivity contribution in [2.24, 2.45) is 5.73 Å². The first-order valence-corrected chi connectivity index (χ1v) is 7.57. The summed E-state index contributed by atoms with van der Waals surface area (Å²) in [5, 5.41) is 1.36. The van der Waals surface area contributed by atoms with Crippen LogP contribution in [0.3, 0.4) is 0 Å². The number of carbonyl (C=O) groups is 1. The summed E-state index contributed by atoms with van der Waals surface area (Å²) in [6.07, 6.45) is 0.703. The van der Waals surface area contributed by atoms with E-state index < -0.39 is 29.0 Å². The smallest absolute Gasteiger partial charge is 0.416 e. The summed E-state index contributed by atoms with van der Waals surface area (Å²) in [6, 6.07) is 2.34. The fraction of sp³-hybridized carbons (Fsp3) is 0.0556. The van der Waals surface area contributed by atoms with Crippen molar-refractivity contribution in [1.29, 1.82) is 0 Å². The Hall–Kier alpha value is -3.49. The van der Waals surface area contributed by atoms with Gasteiger partial charge in [0.15, 0.2) is 6.39 Å². The molecule has 9 heteroatoms. The van der Waals surface area contributed by atoms with E-state index in [1.807, 2.05) is 0 Å². The van der Waals surface area contributed by atoms with Crippen molar-refractivity contribution in [3.05, 3.63) is 60.1 Å². The highest BCUT2D eigenvalue weighted by atomic mass is 19.4. The second-order valence-electron chi connectivity index (χ2n) is 5.82. The van der Waals surface area contributed by atoms with Gasteiger partial charge in [-0.1, -0.05) is 0 Å². The normalized spacial score (nSPS) is 12.0. The van der Waals surface area contributed by atoms with Crippen LogP contribution in [0.1, 0.15) is 15.9 Å². The lowest BCUT2D eigenvalue weighted by molar-refractivity contribution is -0.137. The highest BCUT2D eigenvalue weighted by Gasteiger charge is 2.33. The zero-order chi connectivity index (χ0) is 19.3. The minimum Gasteiger partial charge on any atom is -0.444 e. The molecule has 2 N–H and O–H groups in total. The summed E-state index contributed by atoms with van der Waals surface area (Å²) in [7, 11) is 0. The number of benzene rings is 2. The maximum Gasteiger partial charge on any atom is 0.416 e. The number of alkyl halides is 3.